The molecule has 7 heteroatoms. The Morgan fingerprint density at radius 1 is 1.58 bits per heavy atom. The van der Waals surface area contributed by atoms with Gasteiger partial charge in [-0.15, -0.1) is 0 Å². The van der Waals surface area contributed by atoms with Gasteiger partial charge in [0.25, 0.3) is 0 Å². The van der Waals surface area contributed by atoms with Crippen molar-refractivity contribution in [3.63, 3.8) is 0 Å². The van der Waals surface area contributed by atoms with Crippen molar-refractivity contribution in [3.8, 4) is 0 Å². The third kappa shape index (κ3) is 1.88. The SMILES string of the molecule is Cc1nccn2c(C3CCCN3C(=O)O)nc(Br)c12. The number of aryl methyl sites for hydroxylation is 1. The van der Waals surface area contributed by atoms with E-state index < -0.39 is 6.09 Å². The summed E-state index contributed by atoms with van der Waals surface area (Å²) in [4.78, 5) is 21.5. The van der Waals surface area contributed by atoms with E-state index in [0.717, 1.165) is 29.9 Å². The van der Waals surface area contributed by atoms with Crippen molar-refractivity contribution in [1.82, 2.24) is 19.3 Å². The average Bonchev–Trinajstić information content (AvgIpc) is 2.94. The molecular formula is C12H13BrN4O2. The maximum atomic E-state index is 11.3. The highest BCUT2D eigenvalue weighted by atomic mass is 79.9. The molecule has 0 saturated carbocycles. The van der Waals surface area contributed by atoms with Crippen LogP contribution in [0.3, 0.4) is 0 Å². The average molecular weight is 325 g/mol. The number of hydrogen-bond donors (Lipinski definition) is 1. The van der Waals surface area contributed by atoms with Crippen LogP contribution in [0.4, 0.5) is 4.79 Å². The fraction of sp³-hybridized carbons (Fsp3) is 0.417. The largest absolute Gasteiger partial charge is 0.465 e. The number of fused-ring (bicyclic) bond motifs is 1. The standard InChI is InChI=1S/C12H13BrN4O2/c1-7-9-10(13)15-11(17(9)6-4-14-7)8-3-2-5-16(8)12(18)19/h4,6,8H,2-3,5H2,1H3,(H,18,19). The first kappa shape index (κ1) is 12.4. The predicted octanol–water partition coefficient (Wildman–Crippen LogP) is 2.62. The van der Waals surface area contributed by atoms with Crippen LogP contribution in [0.25, 0.3) is 5.52 Å². The third-order valence-electron chi connectivity index (χ3n) is 3.52. The monoisotopic (exact) mass is 324 g/mol. The Bertz CT molecular complexity index is 654. The number of hydrogen-bond acceptors (Lipinski definition) is 3. The van der Waals surface area contributed by atoms with E-state index in [1.165, 1.54) is 4.90 Å². The van der Waals surface area contributed by atoms with Crippen LogP contribution in [-0.4, -0.2) is 37.0 Å². The zero-order valence-electron chi connectivity index (χ0n) is 10.4. The predicted molar refractivity (Wildman–Crippen MR) is 72.1 cm³/mol. The zero-order valence-corrected chi connectivity index (χ0v) is 12.0. The van der Waals surface area contributed by atoms with Crippen molar-refractivity contribution in [1.29, 1.82) is 0 Å². The molecule has 3 heterocycles. The van der Waals surface area contributed by atoms with Gasteiger partial charge >= 0.3 is 6.09 Å². The molecular weight excluding hydrogens is 312 g/mol. The van der Waals surface area contributed by atoms with Crippen LogP contribution in [0.15, 0.2) is 17.0 Å². The molecule has 0 aromatic carbocycles. The lowest BCUT2D eigenvalue weighted by Crippen LogP contribution is -2.29. The molecule has 2 aromatic heterocycles. The minimum absolute atomic E-state index is 0.182. The number of carbonyl (C=O) groups is 1. The smallest absolute Gasteiger partial charge is 0.407 e. The lowest BCUT2D eigenvalue weighted by atomic mass is 10.2. The van der Waals surface area contributed by atoms with Gasteiger partial charge in [-0.1, -0.05) is 0 Å². The van der Waals surface area contributed by atoms with E-state index in [0.29, 0.717) is 11.1 Å². The molecule has 1 amide bonds. The van der Waals surface area contributed by atoms with Gasteiger partial charge in [-0.3, -0.25) is 14.3 Å². The molecule has 6 nitrogen and oxygen atoms in total. The van der Waals surface area contributed by atoms with Crippen molar-refractivity contribution in [2.75, 3.05) is 6.54 Å². The molecule has 3 rings (SSSR count). The summed E-state index contributed by atoms with van der Waals surface area (Å²) < 4.78 is 2.64. The van der Waals surface area contributed by atoms with Crippen molar-refractivity contribution in [3.05, 3.63) is 28.5 Å². The Labute approximate surface area is 118 Å². The molecule has 0 radical (unpaired) electrons. The van der Waals surface area contributed by atoms with E-state index >= 15 is 0 Å². The Morgan fingerprint density at radius 3 is 3.11 bits per heavy atom. The Hall–Kier alpha value is -1.63. The topological polar surface area (TPSA) is 70.7 Å². The zero-order chi connectivity index (χ0) is 13.6. The van der Waals surface area contributed by atoms with Gasteiger partial charge < -0.3 is 5.11 Å². The quantitative estimate of drug-likeness (QED) is 0.875. The summed E-state index contributed by atoms with van der Waals surface area (Å²) in [5.74, 6) is 0.757. The molecule has 2 aromatic rings. The van der Waals surface area contributed by atoms with Crippen LogP contribution < -0.4 is 0 Å². The summed E-state index contributed by atoms with van der Waals surface area (Å²) in [5, 5.41) is 9.24. The summed E-state index contributed by atoms with van der Waals surface area (Å²) >= 11 is 3.43. The number of aromatic nitrogens is 3. The maximum Gasteiger partial charge on any atom is 0.407 e. The van der Waals surface area contributed by atoms with Gasteiger partial charge in [0, 0.05) is 18.9 Å². The second kappa shape index (κ2) is 4.48. The molecule has 19 heavy (non-hydrogen) atoms. The van der Waals surface area contributed by atoms with E-state index in [1.807, 2.05) is 17.5 Å². The molecule has 1 N–H and O–H groups in total. The van der Waals surface area contributed by atoms with Gasteiger partial charge in [0.05, 0.1) is 11.7 Å². The van der Waals surface area contributed by atoms with Crippen LogP contribution in [-0.2, 0) is 0 Å². The number of likely N-dealkylation sites (tertiary alicyclic amines) is 1. The molecule has 1 atom stereocenters. The van der Waals surface area contributed by atoms with Gasteiger partial charge in [0.1, 0.15) is 15.9 Å². The van der Waals surface area contributed by atoms with Crippen molar-refractivity contribution < 1.29 is 9.90 Å². The number of halogens is 1. The summed E-state index contributed by atoms with van der Waals surface area (Å²) in [6, 6.07) is -0.182. The Kier molecular flexibility index (Phi) is 2.93. The highest BCUT2D eigenvalue weighted by molar-refractivity contribution is 9.10. The fourth-order valence-corrected chi connectivity index (χ4v) is 3.33. The van der Waals surface area contributed by atoms with Gasteiger partial charge in [-0.2, -0.15) is 0 Å². The number of amides is 1. The van der Waals surface area contributed by atoms with Crippen LogP contribution in [0.1, 0.15) is 30.4 Å². The number of imidazole rings is 1. The fourth-order valence-electron chi connectivity index (χ4n) is 2.67. The van der Waals surface area contributed by atoms with Crippen LogP contribution in [0.5, 0.6) is 0 Å². The highest BCUT2D eigenvalue weighted by Crippen LogP contribution is 2.34. The van der Waals surface area contributed by atoms with Crippen LogP contribution in [0.2, 0.25) is 0 Å². The molecule has 1 aliphatic heterocycles. The Morgan fingerprint density at radius 2 is 2.37 bits per heavy atom. The lowest BCUT2D eigenvalue weighted by Gasteiger charge is -2.20. The molecule has 0 aliphatic carbocycles. The minimum Gasteiger partial charge on any atom is -0.465 e. The first-order valence-electron chi connectivity index (χ1n) is 6.08. The summed E-state index contributed by atoms with van der Waals surface area (Å²) in [5.41, 5.74) is 1.77. The molecule has 1 aliphatic rings. The molecule has 0 bridgehead atoms. The van der Waals surface area contributed by atoms with Gasteiger partial charge in [-0.25, -0.2) is 9.78 Å². The highest BCUT2D eigenvalue weighted by Gasteiger charge is 2.33. The van der Waals surface area contributed by atoms with E-state index in [9.17, 15) is 9.90 Å². The summed E-state index contributed by atoms with van der Waals surface area (Å²) in [7, 11) is 0. The second-order valence-electron chi connectivity index (χ2n) is 4.63. The molecule has 100 valence electrons. The van der Waals surface area contributed by atoms with E-state index in [2.05, 4.69) is 25.9 Å². The Balaban J connectivity index is 2.16. The van der Waals surface area contributed by atoms with Crippen LogP contribution in [0, 0.1) is 6.92 Å². The van der Waals surface area contributed by atoms with E-state index in [4.69, 9.17) is 0 Å². The third-order valence-corrected chi connectivity index (χ3v) is 4.07. The molecule has 1 saturated heterocycles. The van der Waals surface area contributed by atoms with Gasteiger partial charge in [0.2, 0.25) is 0 Å². The normalized spacial score (nSPS) is 19.3. The summed E-state index contributed by atoms with van der Waals surface area (Å²) in [6.45, 7) is 2.48. The first-order valence-corrected chi connectivity index (χ1v) is 6.87. The number of nitrogens with zero attached hydrogens (tertiary/aromatic N) is 4. The second-order valence-corrected chi connectivity index (χ2v) is 5.38. The van der Waals surface area contributed by atoms with Crippen molar-refractivity contribution in [2.24, 2.45) is 0 Å². The van der Waals surface area contributed by atoms with E-state index in [1.54, 1.807) is 6.20 Å². The maximum absolute atomic E-state index is 11.3. The minimum atomic E-state index is -0.888. The van der Waals surface area contributed by atoms with Gasteiger partial charge in [0.15, 0.2) is 0 Å². The van der Waals surface area contributed by atoms with Crippen molar-refractivity contribution >= 4 is 27.5 Å². The van der Waals surface area contributed by atoms with Gasteiger partial charge in [-0.05, 0) is 35.7 Å². The lowest BCUT2D eigenvalue weighted by molar-refractivity contribution is 0.138. The number of rotatable bonds is 1. The molecule has 0 spiro atoms. The molecule has 1 unspecified atom stereocenters. The summed E-state index contributed by atoms with van der Waals surface area (Å²) in [6.07, 6.45) is 4.32. The van der Waals surface area contributed by atoms with E-state index in [-0.39, 0.29) is 6.04 Å². The first-order chi connectivity index (χ1) is 9.09. The van der Waals surface area contributed by atoms with Crippen LogP contribution >= 0.6 is 15.9 Å². The molecule has 1 fully saturated rings. The van der Waals surface area contributed by atoms with Crippen molar-refractivity contribution in [2.45, 2.75) is 25.8 Å². The number of carboxylic acid groups (broad SMARTS) is 1.